The van der Waals surface area contributed by atoms with E-state index in [9.17, 15) is 9.18 Å². The Bertz CT molecular complexity index is 865. The highest BCUT2D eigenvalue weighted by Gasteiger charge is 2.52. The fourth-order valence-corrected chi connectivity index (χ4v) is 3.19. The van der Waals surface area contributed by atoms with Gasteiger partial charge in [-0.2, -0.15) is 0 Å². The van der Waals surface area contributed by atoms with Crippen LogP contribution in [0.4, 0.5) is 4.39 Å². The lowest BCUT2D eigenvalue weighted by atomic mass is 9.94. The van der Waals surface area contributed by atoms with Gasteiger partial charge in [0.15, 0.2) is 0 Å². The number of aromatic nitrogens is 1. The number of benzene rings is 2. The number of rotatable bonds is 4. The van der Waals surface area contributed by atoms with Crippen molar-refractivity contribution in [3.63, 3.8) is 0 Å². The first-order chi connectivity index (χ1) is 11.2. The third-order valence-electron chi connectivity index (χ3n) is 4.64. The smallest absolute Gasteiger partial charge is 0.231 e. The summed E-state index contributed by atoms with van der Waals surface area (Å²) in [5, 5.41) is 3.97. The number of nitrogens with one attached hydrogen (secondary N) is 2. The Morgan fingerprint density at radius 2 is 1.96 bits per heavy atom. The van der Waals surface area contributed by atoms with E-state index >= 15 is 0 Å². The molecule has 0 bridgehead atoms. The highest BCUT2D eigenvalue weighted by atomic mass is 19.1. The topological polar surface area (TPSA) is 44.9 Å². The van der Waals surface area contributed by atoms with E-state index in [1.165, 1.54) is 12.1 Å². The van der Waals surface area contributed by atoms with Crippen molar-refractivity contribution in [3.05, 3.63) is 71.7 Å². The second-order valence-corrected chi connectivity index (χ2v) is 6.14. The summed E-state index contributed by atoms with van der Waals surface area (Å²) in [7, 11) is 0. The fraction of sp³-hybridized carbons (Fsp3) is 0.211. The molecule has 0 saturated heterocycles. The summed E-state index contributed by atoms with van der Waals surface area (Å²) in [4.78, 5) is 15.8. The van der Waals surface area contributed by atoms with Crippen molar-refractivity contribution in [1.82, 2.24) is 10.3 Å². The minimum atomic E-state index is -0.467. The standard InChI is InChI=1S/C19H17FN2O/c20-14-6-7-15-16(12-21-17(15)10-14)19(8-9-19)18(23)22-11-13-4-2-1-3-5-13/h1-7,10,12,21H,8-9,11H2,(H,22,23). The molecule has 116 valence electrons. The molecule has 1 amide bonds. The Hall–Kier alpha value is -2.62. The van der Waals surface area contributed by atoms with Gasteiger partial charge in [0.25, 0.3) is 0 Å². The fourth-order valence-electron chi connectivity index (χ4n) is 3.19. The van der Waals surface area contributed by atoms with Crippen LogP contribution in [0.1, 0.15) is 24.0 Å². The van der Waals surface area contributed by atoms with Gasteiger partial charge in [-0.05, 0) is 42.2 Å². The average Bonchev–Trinajstić information content (AvgIpc) is 3.28. The molecular formula is C19H17FN2O. The van der Waals surface area contributed by atoms with Gasteiger partial charge in [0, 0.05) is 23.6 Å². The lowest BCUT2D eigenvalue weighted by Gasteiger charge is -2.15. The van der Waals surface area contributed by atoms with Gasteiger partial charge in [-0.3, -0.25) is 4.79 Å². The van der Waals surface area contributed by atoms with Gasteiger partial charge in [-0.15, -0.1) is 0 Å². The number of carbonyl (C=O) groups excluding carboxylic acids is 1. The van der Waals surface area contributed by atoms with E-state index in [1.807, 2.05) is 36.5 Å². The Kier molecular flexibility index (Phi) is 3.18. The minimum absolute atomic E-state index is 0.0478. The predicted octanol–water partition coefficient (Wildman–Crippen LogP) is 3.66. The number of fused-ring (bicyclic) bond motifs is 1. The maximum absolute atomic E-state index is 13.3. The van der Waals surface area contributed by atoms with Crippen LogP contribution in [0.3, 0.4) is 0 Å². The van der Waals surface area contributed by atoms with Crippen molar-refractivity contribution in [2.24, 2.45) is 0 Å². The molecule has 0 unspecified atom stereocenters. The van der Waals surface area contributed by atoms with E-state index in [1.54, 1.807) is 6.07 Å². The zero-order chi connectivity index (χ0) is 15.9. The maximum atomic E-state index is 13.3. The van der Waals surface area contributed by atoms with E-state index in [0.29, 0.717) is 6.54 Å². The molecule has 1 aromatic heterocycles. The monoisotopic (exact) mass is 308 g/mol. The first-order valence-corrected chi connectivity index (χ1v) is 7.78. The molecule has 0 radical (unpaired) electrons. The third-order valence-corrected chi connectivity index (χ3v) is 4.64. The minimum Gasteiger partial charge on any atom is -0.361 e. The molecule has 0 aliphatic heterocycles. The summed E-state index contributed by atoms with van der Waals surface area (Å²) in [6.07, 6.45) is 3.51. The summed E-state index contributed by atoms with van der Waals surface area (Å²) in [5.41, 5.74) is 2.32. The summed E-state index contributed by atoms with van der Waals surface area (Å²) in [6.45, 7) is 0.526. The quantitative estimate of drug-likeness (QED) is 0.759. The molecule has 1 fully saturated rings. The van der Waals surface area contributed by atoms with E-state index in [2.05, 4.69) is 10.3 Å². The number of halogens is 1. The predicted molar refractivity (Wildman–Crippen MR) is 87.5 cm³/mol. The van der Waals surface area contributed by atoms with Gasteiger partial charge in [0.2, 0.25) is 5.91 Å². The van der Waals surface area contributed by atoms with E-state index < -0.39 is 5.41 Å². The molecule has 4 heteroatoms. The molecule has 3 aromatic rings. The molecule has 4 rings (SSSR count). The highest BCUT2D eigenvalue weighted by molar-refractivity contribution is 5.97. The van der Waals surface area contributed by atoms with Crippen molar-refractivity contribution in [1.29, 1.82) is 0 Å². The molecule has 1 aliphatic rings. The van der Waals surface area contributed by atoms with Crippen molar-refractivity contribution in [2.75, 3.05) is 0 Å². The van der Waals surface area contributed by atoms with Crippen LogP contribution in [-0.4, -0.2) is 10.9 Å². The van der Waals surface area contributed by atoms with Crippen LogP contribution in [0.15, 0.2) is 54.7 Å². The molecule has 0 atom stereocenters. The van der Waals surface area contributed by atoms with Crippen LogP contribution in [0.25, 0.3) is 10.9 Å². The van der Waals surface area contributed by atoms with Gasteiger partial charge >= 0.3 is 0 Å². The Morgan fingerprint density at radius 1 is 1.17 bits per heavy atom. The zero-order valence-corrected chi connectivity index (χ0v) is 12.6. The molecule has 23 heavy (non-hydrogen) atoms. The Morgan fingerprint density at radius 3 is 2.70 bits per heavy atom. The van der Waals surface area contributed by atoms with Gasteiger partial charge < -0.3 is 10.3 Å². The van der Waals surface area contributed by atoms with Crippen LogP contribution < -0.4 is 5.32 Å². The van der Waals surface area contributed by atoms with Crippen LogP contribution in [0.2, 0.25) is 0 Å². The maximum Gasteiger partial charge on any atom is 0.231 e. The van der Waals surface area contributed by atoms with Crippen molar-refractivity contribution in [3.8, 4) is 0 Å². The summed E-state index contributed by atoms with van der Waals surface area (Å²) in [5.74, 6) is -0.226. The molecule has 1 saturated carbocycles. The molecular weight excluding hydrogens is 291 g/mol. The van der Waals surface area contributed by atoms with Gasteiger partial charge in [-0.1, -0.05) is 30.3 Å². The Labute approximate surface area is 133 Å². The van der Waals surface area contributed by atoms with E-state index in [-0.39, 0.29) is 11.7 Å². The average molecular weight is 308 g/mol. The molecule has 3 nitrogen and oxygen atoms in total. The van der Waals surface area contributed by atoms with Crippen LogP contribution in [0, 0.1) is 5.82 Å². The van der Waals surface area contributed by atoms with E-state index in [4.69, 9.17) is 0 Å². The summed E-state index contributed by atoms with van der Waals surface area (Å²) in [6, 6.07) is 14.5. The van der Waals surface area contributed by atoms with Gasteiger partial charge in [-0.25, -0.2) is 4.39 Å². The van der Waals surface area contributed by atoms with Crippen LogP contribution in [-0.2, 0) is 16.8 Å². The number of carbonyl (C=O) groups is 1. The number of amides is 1. The van der Waals surface area contributed by atoms with Crippen molar-refractivity contribution < 1.29 is 9.18 Å². The number of aromatic amines is 1. The SMILES string of the molecule is O=C(NCc1ccccc1)C1(c2c[nH]c3cc(F)ccc23)CC1. The second kappa shape index (κ2) is 5.23. The third kappa shape index (κ3) is 2.40. The molecule has 1 aliphatic carbocycles. The van der Waals surface area contributed by atoms with E-state index in [0.717, 1.165) is 34.9 Å². The zero-order valence-electron chi connectivity index (χ0n) is 12.6. The normalized spacial score (nSPS) is 15.5. The Balaban J connectivity index is 1.58. The number of hydrogen-bond donors (Lipinski definition) is 2. The molecule has 0 spiro atoms. The van der Waals surface area contributed by atoms with Crippen LogP contribution >= 0.6 is 0 Å². The molecule has 2 aromatic carbocycles. The lowest BCUT2D eigenvalue weighted by Crippen LogP contribution is -2.34. The lowest BCUT2D eigenvalue weighted by molar-refractivity contribution is -0.123. The molecule has 1 heterocycles. The first kappa shape index (κ1) is 14.0. The van der Waals surface area contributed by atoms with Crippen molar-refractivity contribution >= 4 is 16.8 Å². The second-order valence-electron chi connectivity index (χ2n) is 6.14. The summed E-state index contributed by atoms with van der Waals surface area (Å²) < 4.78 is 13.3. The van der Waals surface area contributed by atoms with Crippen molar-refractivity contribution in [2.45, 2.75) is 24.8 Å². The summed E-state index contributed by atoms with van der Waals surface area (Å²) >= 11 is 0. The molecule has 2 N–H and O–H groups in total. The highest BCUT2D eigenvalue weighted by Crippen LogP contribution is 2.50. The number of hydrogen-bond acceptors (Lipinski definition) is 1. The van der Waals surface area contributed by atoms with Gasteiger partial charge in [0.1, 0.15) is 5.82 Å². The van der Waals surface area contributed by atoms with Gasteiger partial charge in [0.05, 0.1) is 5.41 Å². The first-order valence-electron chi connectivity index (χ1n) is 7.78. The van der Waals surface area contributed by atoms with Crippen LogP contribution in [0.5, 0.6) is 0 Å². The largest absolute Gasteiger partial charge is 0.361 e. The number of H-pyrrole nitrogens is 1.